The van der Waals surface area contributed by atoms with Crippen molar-refractivity contribution in [3.8, 4) is 0 Å². The van der Waals surface area contributed by atoms with Gasteiger partial charge in [-0.05, 0) is 12.8 Å². The van der Waals surface area contributed by atoms with Crippen LogP contribution in [0.15, 0.2) is 17.2 Å². The van der Waals surface area contributed by atoms with Gasteiger partial charge in [-0.15, -0.1) is 11.8 Å². The smallest absolute Gasteiger partial charge is 0.275 e. The Morgan fingerprint density at radius 3 is 2.82 bits per heavy atom. The number of pyridine rings is 1. The number of aromatic nitrogens is 1. The lowest BCUT2D eigenvalue weighted by molar-refractivity contribution is -0.385. The zero-order valence-corrected chi connectivity index (χ0v) is 10.5. The lowest BCUT2D eigenvalue weighted by Crippen LogP contribution is -2.17. The van der Waals surface area contributed by atoms with Gasteiger partial charge in [-0.25, -0.2) is 4.98 Å². The average molecular weight is 275 g/mol. The standard InChI is InChI=1S/C10H11ClN2O3S/c11-9-5-7(13(14)15)6-10(12-9)17-8-1-3-16-4-2-8/h5-6,8H,1-4H2. The fraction of sp³-hybridized carbons (Fsp3) is 0.500. The molecule has 7 heteroatoms. The zero-order chi connectivity index (χ0) is 12.3. The van der Waals surface area contributed by atoms with Gasteiger partial charge >= 0.3 is 0 Å². The van der Waals surface area contributed by atoms with E-state index in [1.807, 2.05) is 0 Å². The highest BCUT2D eigenvalue weighted by Gasteiger charge is 2.18. The molecule has 0 saturated carbocycles. The van der Waals surface area contributed by atoms with Crippen LogP contribution in [0.2, 0.25) is 5.15 Å². The van der Waals surface area contributed by atoms with Crippen molar-refractivity contribution in [2.45, 2.75) is 23.1 Å². The summed E-state index contributed by atoms with van der Waals surface area (Å²) in [6, 6.07) is 2.72. The van der Waals surface area contributed by atoms with E-state index in [1.54, 1.807) is 0 Å². The molecule has 0 radical (unpaired) electrons. The van der Waals surface area contributed by atoms with Crippen LogP contribution < -0.4 is 0 Å². The number of rotatable bonds is 3. The Balaban J connectivity index is 2.11. The fourth-order valence-electron chi connectivity index (χ4n) is 1.59. The summed E-state index contributed by atoms with van der Waals surface area (Å²) in [7, 11) is 0. The Hall–Kier alpha value is -0.850. The Morgan fingerprint density at radius 2 is 2.18 bits per heavy atom. The maximum Gasteiger partial charge on any atom is 0.275 e. The lowest BCUT2D eigenvalue weighted by Gasteiger charge is -2.20. The Morgan fingerprint density at radius 1 is 1.47 bits per heavy atom. The molecule has 1 aliphatic heterocycles. The van der Waals surface area contributed by atoms with Crippen molar-refractivity contribution in [1.29, 1.82) is 0 Å². The predicted molar refractivity (Wildman–Crippen MR) is 65.6 cm³/mol. The van der Waals surface area contributed by atoms with Gasteiger partial charge in [0.1, 0.15) is 10.2 Å². The largest absolute Gasteiger partial charge is 0.381 e. The van der Waals surface area contributed by atoms with E-state index >= 15 is 0 Å². The molecule has 1 saturated heterocycles. The normalized spacial score (nSPS) is 17.0. The van der Waals surface area contributed by atoms with E-state index in [4.69, 9.17) is 16.3 Å². The maximum absolute atomic E-state index is 10.7. The van der Waals surface area contributed by atoms with Gasteiger partial charge in [0.05, 0.1) is 11.0 Å². The number of thioether (sulfide) groups is 1. The molecular weight excluding hydrogens is 264 g/mol. The van der Waals surface area contributed by atoms with Crippen LogP contribution in [0.1, 0.15) is 12.8 Å². The van der Waals surface area contributed by atoms with Crippen LogP contribution in [0.3, 0.4) is 0 Å². The molecule has 0 unspecified atom stereocenters. The second kappa shape index (κ2) is 5.66. The summed E-state index contributed by atoms with van der Waals surface area (Å²) in [5.41, 5.74) is -0.0143. The minimum Gasteiger partial charge on any atom is -0.381 e. The van der Waals surface area contributed by atoms with Gasteiger partial charge in [0.15, 0.2) is 0 Å². The number of nitro groups is 1. The number of nitrogens with zero attached hydrogens (tertiary/aromatic N) is 2. The molecule has 1 aromatic heterocycles. The summed E-state index contributed by atoms with van der Waals surface area (Å²) in [5, 5.41) is 11.9. The molecule has 0 aliphatic carbocycles. The number of ether oxygens (including phenoxy) is 1. The Labute approximate surface area is 108 Å². The second-order valence-corrected chi connectivity index (χ2v) is 5.38. The molecule has 5 nitrogen and oxygen atoms in total. The van der Waals surface area contributed by atoms with Crippen LogP contribution in [0, 0.1) is 10.1 Å². The highest BCUT2D eigenvalue weighted by atomic mass is 35.5. The van der Waals surface area contributed by atoms with E-state index in [-0.39, 0.29) is 10.8 Å². The van der Waals surface area contributed by atoms with Crippen LogP contribution in [-0.4, -0.2) is 28.4 Å². The first-order valence-electron chi connectivity index (χ1n) is 5.21. The molecule has 92 valence electrons. The van der Waals surface area contributed by atoms with Crippen molar-refractivity contribution in [2.75, 3.05) is 13.2 Å². The Kier molecular flexibility index (Phi) is 4.20. The minimum atomic E-state index is -0.457. The molecule has 1 aromatic rings. The number of hydrogen-bond acceptors (Lipinski definition) is 5. The third-order valence-corrected chi connectivity index (χ3v) is 3.87. The fourth-order valence-corrected chi connectivity index (χ4v) is 2.95. The SMILES string of the molecule is O=[N+]([O-])c1cc(Cl)nc(SC2CCOCC2)c1. The van der Waals surface area contributed by atoms with Gasteiger partial charge in [0, 0.05) is 24.5 Å². The molecule has 17 heavy (non-hydrogen) atoms. The van der Waals surface area contributed by atoms with Gasteiger partial charge in [-0.3, -0.25) is 10.1 Å². The summed E-state index contributed by atoms with van der Waals surface area (Å²) in [4.78, 5) is 14.3. The molecular formula is C10H11ClN2O3S. The lowest BCUT2D eigenvalue weighted by atomic mass is 10.2. The Bertz CT molecular complexity index is 424. The third kappa shape index (κ3) is 3.55. The van der Waals surface area contributed by atoms with Crippen LogP contribution in [0.25, 0.3) is 0 Å². The van der Waals surface area contributed by atoms with E-state index in [0.29, 0.717) is 10.3 Å². The first kappa shape index (κ1) is 12.6. The van der Waals surface area contributed by atoms with E-state index in [2.05, 4.69) is 4.98 Å². The van der Waals surface area contributed by atoms with Crippen LogP contribution in [-0.2, 0) is 4.74 Å². The first-order valence-corrected chi connectivity index (χ1v) is 6.47. The van der Waals surface area contributed by atoms with E-state index in [9.17, 15) is 10.1 Å². The summed E-state index contributed by atoms with van der Waals surface area (Å²) in [6.45, 7) is 1.47. The highest BCUT2D eigenvalue weighted by molar-refractivity contribution is 7.99. The van der Waals surface area contributed by atoms with Crippen molar-refractivity contribution in [3.05, 3.63) is 27.4 Å². The monoisotopic (exact) mass is 274 g/mol. The first-order chi connectivity index (χ1) is 8.15. The van der Waals surface area contributed by atoms with Crippen LogP contribution in [0.5, 0.6) is 0 Å². The predicted octanol–water partition coefficient (Wildman–Crippen LogP) is 2.91. The molecule has 0 N–H and O–H groups in total. The molecule has 0 atom stereocenters. The molecule has 2 rings (SSSR count). The van der Waals surface area contributed by atoms with Crippen molar-refractivity contribution in [2.24, 2.45) is 0 Å². The number of hydrogen-bond donors (Lipinski definition) is 0. The van der Waals surface area contributed by atoms with Gasteiger partial charge in [0.25, 0.3) is 5.69 Å². The maximum atomic E-state index is 10.7. The van der Waals surface area contributed by atoms with Gasteiger partial charge in [-0.2, -0.15) is 0 Å². The molecule has 1 fully saturated rings. The van der Waals surface area contributed by atoms with Crippen molar-refractivity contribution in [3.63, 3.8) is 0 Å². The molecule has 2 heterocycles. The summed E-state index contributed by atoms with van der Waals surface area (Å²) in [6.07, 6.45) is 1.87. The molecule has 0 bridgehead atoms. The summed E-state index contributed by atoms with van der Waals surface area (Å²) < 4.78 is 5.26. The molecule has 1 aliphatic rings. The van der Waals surface area contributed by atoms with E-state index < -0.39 is 4.92 Å². The zero-order valence-electron chi connectivity index (χ0n) is 8.97. The van der Waals surface area contributed by atoms with Gasteiger partial charge in [0.2, 0.25) is 0 Å². The summed E-state index contributed by atoms with van der Waals surface area (Å²) >= 11 is 7.29. The summed E-state index contributed by atoms with van der Waals surface area (Å²) in [5.74, 6) is 0. The van der Waals surface area contributed by atoms with E-state index in [0.717, 1.165) is 26.1 Å². The van der Waals surface area contributed by atoms with Gasteiger partial charge in [-0.1, -0.05) is 11.6 Å². The van der Waals surface area contributed by atoms with E-state index in [1.165, 1.54) is 23.9 Å². The van der Waals surface area contributed by atoms with Crippen LogP contribution in [0.4, 0.5) is 5.69 Å². The highest BCUT2D eigenvalue weighted by Crippen LogP contribution is 2.31. The third-order valence-electron chi connectivity index (χ3n) is 2.42. The van der Waals surface area contributed by atoms with Crippen LogP contribution >= 0.6 is 23.4 Å². The average Bonchev–Trinajstić information content (AvgIpc) is 2.29. The second-order valence-electron chi connectivity index (χ2n) is 3.67. The van der Waals surface area contributed by atoms with Crippen molar-refractivity contribution < 1.29 is 9.66 Å². The minimum absolute atomic E-state index is 0.0143. The quantitative estimate of drug-likeness (QED) is 0.482. The van der Waals surface area contributed by atoms with Crippen molar-refractivity contribution >= 4 is 29.1 Å². The topological polar surface area (TPSA) is 65.3 Å². The number of halogens is 1. The molecule has 0 aromatic carbocycles. The van der Waals surface area contributed by atoms with Gasteiger partial charge < -0.3 is 4.74 Å². The van der Waals surface area contributed by atoms with Crippen molar-refractivity contribution in [1.82, 2.24) is 4.98 Å². The molecule has 0 spiro atoms. The molecule has 0 amide bonds.